The highest BCUT2D eigenvalue weighted by molar-refractivity contribution is 5.90. The average molecular weight is 635 g/mol. The molecule has 0 saturated carbocycles. The fourth-order valence-corrected chi connectivity index (χ4v) is 6.48. The summed E-state index contributed by atoms with van der Waals surface area (Å²) in [4.78, 5) is 44.9. The van der Waals surface area contributed by atoms with Crippen LogP contribution in [0.3, 0.4) is 0 Å². The van der Waals surface area contributed by atoms with Crippen molar-refractivity contribution >= 4 is 35.1 Å². The predicted octanol–water partition coefficient (Wildman–Crippen LogP) is 4.61. The van der Waals surface area contributed by atoms with Crippen molar-refractivity contribution in [1.82, 2.24) is 9.80 Å². The molecule has 2 atom stereocenters. The Morgan fingerprint density at radius 1 is 0.479 bits per heavy atom. The quantitative estimate of drug-likeness (QED) is 0.231. The van der Waals surface area contributed by atoms with Crippen molar-refractivity contribution in [3.05, 3.63) is 185 Å². The van der Waals surface area contributed by atoms with Gasteiger partial charge in [0.1, 0.15) is 0 Å². The fourth-order valence-electron chi connectivity index (χ4n) is 6.48. The van der Waals surface area contributed by atoms with Crippen LogP contribution in [-0.2, 0) is 9.47 Å². The lowest BCUT2D eigenvalue weighted by molar-refractivity contribution is 0.134. The largest absolute Gasteiger partial charge is 0.464 e. The number of rotatable bonds is 8. The Bertz CT molecular complexity index is 2110. The van der Waals surface area contributed by atoms with Crippen molar-refractivity contribution in [3.8, 4) is 0 Å². The first-order valence-electron chi connectivity index (χ1n) is 16.1. The number of benzene rings is 4. The summed E-state index contributed by atoms with van der Waals surface area (Å²) < 4.78 is 13.0. The molecule has 0 fully saturated rings. The third kappa shape index (κ3) is 5.43. The van der Waals surface area contributed by atoms with Crippen LogP contribution in [0.5, 0.6) is 0 Å². The van der Waals surface area contributed by atoms with Crippen LogP contribution in [-0.4, -0.2) is 35.3 Å². The van der Waals surface area contributed by atoms with E-state index in [0.717, 1.165) is 33.6 Å². The second-order valence-corrected chi connectivity index (χ2v) is 11.6. The Morgan fingerprint density at radius 2 is 0.792 bits per heavy atom. The van der Waals surface area contributed by atoms with Crippen molar-refractivity contribution in [2.45, 2.75) is 26.3 Å². The second-order valence-electron chi connectivity index (χ2n) is 11.6. The van der Waals surface area contributed by atoms with Gasteiger partial charge in [-0.1, -0.05) is 121 Å². The summed E-state index contributed by atoms with van der Waals surface area (Å²) in [5.74, 6) is 1.27. The Kier molecular flexibility index (Phi) is 8.34. The molecule has 7 rings (SSSR count). The number of nitrogens with zero attached hydrogens (tertiary/aromatic N) is 2. The molecule has 0 radical (unpaired) electrons. The molecule has 0 aromatic heterocycles. The smallest absolute Gasteiger partial charge is 0.237 e. The van der Waals surface area contributed by atoms with E-state index in [0.29, 0.717) is 24.6 Å². The van der Waals surface area contributed by atoms with Gasteiger partial charge in [-0.25, -0.2) is 0 Å². The molecule has 2 unspecified atom stereocenters. The van der Waals surface area contributed by atoms with Gasteiger partial charge in [0.05, 0.1) is 21.8 Å². The second kappa shape index (κ2) is 13.0. The van der Waals surface area contributed by atoms with E-state index in [1.807, 2.05) is 145 Å². The van der Waals surface area contributed by atoms with Gasteiger partial charge < -0.3 is 19.3 Å². The molecule has 2 heterocycles. The highest BCUT2D eigenvalue weighted by Crippen LogP contribution is 2.40. The highest BCUT2D eigenvalue weighted by atomic mass is 16.5. The molecular weight excluding hydrogens is 600 g/mol. The molecule has 5 aromatic carbocycles. The van der Waals surface area contributed by atoms with Crippen molar-refractivity contribution in [1.29, 1.82) is 0 Å². The molecule has 7 heteroatoms. The molecule has 5 aromatic rings. The third-order valence-corrected chi connectivity index (χ3v) is 8.75. The van der Waals surface area contributed by atoms with Crippen LogP contribution >= 0.6 is 0 Å². The van der Waals surface area contributed by atoms with E-state index in [-0.39, 0.29) is 10.4 Å². The van der Waals surface area contributed by atoms with E-state index >= 15 is 0 Å². The summed E-state index contributed by atoms with van der Waals surface area (Å²) in [6.45, 7) is 5.04. The maximum atomic E-state index is 13.9. The summed E-state index contributed by atoms with van der Waals surface area (Å²) in [7, 11) is 0. The minimum Gasteiger partial charge on any atom is -0.464 e. The first-order chi connectivity index (χ1) is 23.5. The van der Waals surface area contributed by atoms with E-state index in [2.05, 4.69) is 0 Å². The zero-order valence-corrected chi connectivity index (χ0v) is 26.7. The van der Waals surface area contributed by atoms with E-state index in [1.165, 1.54) is 12.2 Å². The Labute approximate surface area is 277 Å². The van der Waals surface area contributed by atoms with E-state index in [4.69, 9.17) is 9.47 Å². The third-order valence-electron chi connectivity index (χ3n) is 8.75. The van der Waals surface area contributed by atoms with Gasteiger partial charge in [-0.15, -0.1) is 0 Å². The summed E-state index contributed by atoms with van der Waals surface area (Å²) in [6.07, 6.45) is 1.42. The molecule has 0 aliphatic carbocycles. The number of hydrogen-bond donors (Lipinski definition) is 0. The van der Waals surface area contributed by atoms with Crippen LogP contribution in [0.2, 0.25) is 0 Å². The molecule has 0 spiro atoms. The Morgan fingerprint density at radius 3 is 1.10 bits per heavy atom. The van der Waals surface area contributed by atoms with Gasteiger partial charge in [0.2, 0.25) is 16.3 Å². The average Bonchev–Trinajstić information content (AvgIpc) is 3.76. The molecule has 48 heavy (non-hydrogen) atoms. The van der Waals surface area contributed by atoms with Gasteiger partial charge in [0.25, 0.3) is 0 Å². The maximum Gasteiger partial charge on any atom is 0.237 e. The zero-order chi connectivity index (χ0) is 33.2. The predicted molar refractivity (Wildman–Crippen MR) is 190 cm³/mol. The van der Waals surface area contributed by atoms with Gasteiger partial charge in [0.15, 0.2) is 24.0 Å². The molecular formula is C41H34N2O5. The van der Waals surface area contributed by atoms with Crippen molar-refractivity contribution in [2.24, 2.45) is 0 Å². The van der Waals surface area contributed by atoms with Crippen LogP contribution in [0.25, 0.3) is 35.1 Å². The molecule has 2 aliphatic rings. The minimum absolute atomic E-state index is 0.197. The number of ether oxygens (including phenoxy) is 2. The van der Waals surface area contributed by atoms with Crippen LogP contribution in [0, 0.1) is 0 Å². The standard InChI is InChI=1S/C41H34N2O5/c1-3-42-33(47-40(29-21-13-7-14-22-29)35(42)27-17-9-5-10-18-27)25-31-37(44)32(39(46)38(31)45)26-34-43(4-2)36(28-19-11-6-12-20-28)41(48-34)30-23-15-8-16-24-30/h5-26,33-34H,3-4H2,1-2H3. The summed E-state index contributed by atoms with van der Waals surface area (Å²) >= 11 is 0. The molecule has 238 valence electrons. The SMILES string of the molecule is CCN1C(c2ccccc2)=C(c2ccccc2)OC1C=c1c(=O)c(=O)c(=CC2OC(c3ccccc3)=C(c3ccccc3)N2CC)c1=O. The van der Waals surface area contributed by atoms with Gasteiger partial charge in [-0.3, -0.25) is 14.4 Å². The van der Waals surface area contributed by atoms with Crippen LogP contribution in [0.1, 0.15) is 36.1 Å². The monoisotopic (exact) mass is 634 g/mol. The summed E-state index contributed by atoms with van der Waals surface area (Å²) in [5.41, 5.74) is 2.97. The van der Waals surface area contributed by atoms with Crippen molar-refractivity contribution in [2.75, 3.05) is 13.1 Å². The summed E-state index contributed by atoms with van der Waals surface area (Å²) in [6, 6.07) is 39.1. The molecule has 2 aliphatic heterocycles. The van der Waals surface area contributed by atoms with Gasteiger partial charge in [0, 0.05) is 35.3 Å². The van der Waals surface area contributed by atoms with E-state index in [9.17, 15) is 14.4 Å². The van der Waals surface area contributed by atoms with Gasteiger partial charge >= 0.3 is 0 Å². The fraction of sp³-hybridized carbons (Fsp3) is 0.146. The molecule has 7 nitrogen and oxygen atoms in total. The van der Waals surface area contributed by atoms with Gasteiger partial charge in [-0.2, -0.15) is 0 Å². The molecule has 0 bridgehead atoms. The van der Waals surface area contributed by atoms with Crippen LogP contribution < -0.4 is 26.7 Å². The molecule has 0 saturated heterocycles. The van der Waals surface area contributed by atoms with Crippen LogP contribution in [0.4, 0.5) is 0 Å². The zero-order valence-electron chi connectivity index (χ0n) is 26.7. The van der Waals surface area contributed by atoms with Crippen molar-refractivity contribution in [3.63, 3.8) is 0 Å². The molecule has 0 N–H and O–H groups in total. The molecule has 0 amide bonds. The number of hydrogen-bond acceptors (Lipinski definition) is 7. The maximum absolute atomic E-state index is 13.9. The van der Waals surface area contributed by atoms with E-state index in [1.54, 1.807) is 0 Å². The Balaban J connectivity index is 1.31. The van der Waals surface area contributed by atoms with Crippen molar-refractivity contribution < 1.29 is 9.47 Å². The normalized spacial score (nSPS) is 18.5. The van der Waals surface area contributed by atoms with Gasteiger partial charge in [-0.05, 0) is 26.0 Å². The Hall–Kier alpha value is -5.95. The first kappa shape index (κ1) is 30.7. The summed E-state index contributed by atoms with van der Waals surface area (Å²) in [5, 5.41) is -0.394. The highest BCUT2D eigenvalue weighted by Gasteiger charge is 2.35. The first-order valence-corrected chi connectivity index (χ1v) is 16.1. The van der Waals surface area contributed by atoms with E-state index < -0.39 is 28.7 Å². The minimum atomic E-state index is -0.846. The lowest BCUT2D eigenvalue weighted by atomic mass is 10.1. The topological polar surface area (TPSA) is 76.2 Å². The lowest BCUT2D eigenvalue weighted by Gasteiger charge is -2.24. The lowest BCUT2D eigenvalue weighted by Crippen LogP contribution is -2.41. The van der Waals surface area contributed by atoms with Crippen LogP contribution in [0.15, 0.2) is 136 Å².